The van der Waals surface area contributed by atoms with Gasteiger partial charge in [-0.1, -0.05) is 48.5 Å². The van der Waals surface area contributed by atoms with Crippen LogP contribution in [-0.4, -0.2) is 39.6 Å². The molecule has 3 aromatic rings. The number of pyridine rings is 1. The van der Waals surface area contributed by atoms with Crippen LogP contribution in [0, 0.1) is 17.1 Å². The molecule has 1 N–H and O–H groups in total. The lowest BCUT2D eigenvalue weighted by Crippen LogP contribution is -2.65. The molecule has 144 valence electrons. The second kappa shape index (κ2) is 7.82. The molecule has 0 radical (unpaired) electrons. The van der Waals surface area contributed by atoms with Gasteiger partial charge in [0.05, 0.1) is 18.7 Å². The minimum absolute atomic E-state index is 0.236. The van der Waals surface area contributed by atoms with Gasteiger partial charge >= 0.3 is 0 Å². The number of hydrogen-bond acceptors (Lipinski definition) is 4. The van der Waals surface area contributed by atoms with Gasteiger partial charge < -0.3 is 10.0 Å². The second-order valence-corrected chi connectivity index (χ2v) is 6.88. The van der Waals surface area contributed by atoms with Gasteiger partial charge in [-0.15, -0.1) is 0 Å². The largest absolute Gasteiger partial charge is 0.394 e. The molecule has 5 nitrogen and oxygen atoms in total. The predicted molar refractivity (Wildman–Crippen MR) is 105 cm³/mol. The van der Waals surface area contributed by atoms with Gasteiger partial charge in [-0.25, -0.2) is 4.39 Å². The van der Waals surface area contributed by atoms with Crippen LogP contribution in [0.2, 0.25) is 0 Å². The molecule has 0 aliphatic carbocycles. The first-order chi connectivity index (χ1) is 14.2. The van der Waals surface area contributed by atoms with E-state index in [1.807, 2.05) is 12.1 Å². The Bertz CT molecular complexity index is 1060. The molecule has 1 aliphatic heterocycles. The lowest BCUT2D eigenvalue weighted by Gasteiger charge is -2.51. The fraction of sp³-hybridized carbons (Fsp3) is 0.174. The molecule has 0 saturated carbocycles. The van der Waals surface area contributed by atoms with Crippen molar-refractivity contribution in [2.45, 2.75) is 18.0 Å². The molecule has 29 heavy (non-hydrogen) atoms. The van der Waals surface area contributed by atoms with Crippen LogP contribution in [0.3, 0.4) is 0 Å². The SMILES string of the molecule is N#C[C@H]1[C@@H](c2ccc(-c3ccccc3F)cc2)[C@@H](CO)N1C(=O)c1ccccn1. The number of halogens is 1. The van der Waals surface area contributed by atoms with E-state index in [4.69, 9.17) is 0 Å². The molecular formula is C23H18FN3O2. The van der Waals surface area contributed by atoms with E-state index in [1.54, 1.807) is 48.5 Å². The molecule has 1 saturated heterocycles. The van der Waals surface area contributed by atoms with Crippen molar-refractivity contribution in [3.63, 3.8) is 0 Å². The zero-order valence-electron chi connectivity index (χ0n) is 15.4. The lowest BCUT2D eigenvalue weighted by molar-refractivity contribution is -0.00629. The van der Waals surface area contributed by atoms with Gasteiger partial charge in [0.2, 0.25) is 0 Å². The van der Waals surface area contributed by atoms with Gasteiger partial charge in [0.25, 0.3) is 5.91 Å². The zero-order chi connectivity index (χ0) is 20.4. The number of hydrogen-bond donors (Lipinski definition) is 1. The number of amides is 1. The topological polar surface area (TPSA) is 77.2 Å². The summed E-state index contributed by atoms with van der Waals surface area (Å²) in [6.45, 7) is -0.267. The summed E-state index contributed by atoms with van der Waals surface area (Å²) in [6, 6.07) is 19.7. The molecule has 0 bridgehead atoms. The number of benzene rings is 2. The van der Waals surface area contributed by atoms with E-state index in [0.29, 0.717) is 5.56 Å². The number of carbonyl (C=O) groups excluding carboxylic acids is 1. The highest BCUT2D eigenvalue weighted by atomic mass is 19.1. The number of aromatic nitrogens is 1. The fourth-order valence-corrected chi connectivity index (χ4v) is 3.89. The van der Waals surface area contributed by atoms with E-state index in [1.165, 1.54) is 17.2 Å². The van der Waals surface area contributed by atoms with Crippen LogP contribution < -0.4 is 0 Å². The van der Waals surface area contributed by atoms with Gasteiger partial charge in [0.1, 0.15) is 17.6 Å². The number of aliphatic hydroxyl groups excluding tert-OH is 1. The molecule has 0 spiro atoms. The van der Waals surface area contributed by atoms with Crippen LogP contribution >= 0.6 is 0 Å². The summed E-state index contributed by atoms with van der Waals surface area (Å²) in [5.74, 6) is -1.01. The molecule has 2 aromatic carbocycles. The summed E-state index contributed by atoms with van der Waals surface area (Å²) in [7, 11) is 0. The third-order valence-electron chi connectivity index (χ3n) is 5.33. The van der Waals surface area contributed by atoms with Gasteiger partial charge in [0.15, 0.2) is 0 Å². The minimum atomic E-state index is -0.707. The first-order valence-corrected chi connectivity index (χ1v) is 9.24. The molecule has 1 fully saturated rings. The van der Waals surface area contributed by atoms with Crippen molar-refractivity contribution in [2.75, 3.05) is 6.61 Å². The van der Waals surface area contributed by atoms with E-state index in [2.05, 4.69) is 11.1 Å². The number of nitrogens with zero attached hydrogens (tertiary/aromatic N) is 3. The van der Waals surface area contributed by atoms with Crippen molar-refractivity contribution in [2.24, 2.45) is 0 Å². The smallest absolute Gasteiger partial charge is 0.273 e. The van der Waals surface area contributed by atoms with E-state index >= 15 is 0 Å². The molecular weight excluding hydrogens is 369 g/mol. The zero-order valence-corrected chi connectivity index (χ0v) is 15.4. The standard InChI is InChI=1S/C23H18FN3O2/c24-18-6-2-1-5-17(18)15-8-10-16(11-9-15)22-20(13-25)27(21(22)14-28)23(29)19-7-3-4-12-26-19/h1-12,20-22,28H,14H2/t20-,21+,22+/m0/s1. The Hall–Kier alpha value is -3.56. The van der Waals surface area contributed by atoms with E-state index < -0.39 is 12.1 Å². The maximum Gasteiger partial charge on any atom is 0.273 e. The monoisotopic (exact) mass is 387 g/mol. The number of carbonyl (C=O) groups is 1. The van der Waals surface area contributed by atoms with Crippen molar-refractivity contribution in [3.8, 4) is 17.2 Å². The van der Waals surface area contributed by atoms with Crippen molar-refractivity contribution in [1.29, 1.82) is 5.26 Å². The Morgan fingerprint density at radius 3 is 2.45 bits per heavy atom. The van der Waals surface area contributed by atoms with Crippen LogP contribution in [0.1, 0.15) is 22.0 Å². The number of likely N-dealkylation sites (tertiary alicyclic amines) is 1. The Morgan fingerprint density at radius 1 is 1.10 bits per heavy atom. The summed E-state index contributed by atoms with van der Waals surface area (Å²) < 4.78 is 14.0. The van der Waals surface area contributed by atoms with Gasteiger partial charge in [0, 0.05) is 17.7 Å². The summed E-state index contributed by atoms with van der Waals surface area (Å²) >= 11 is 0. The predicted octanol–water partition coefficient (Wildman–Crippen LogP) is 3.38. The van der Waals surface area contributed by atoms with Gasteiger partial charge in [-0.2, -0.15) is 5.26 Å². The van der Waals surface area contributed by atoms with Crippen molar-refractivity contribution < 1.29 is 14.3 Å². The summed E-state index contributed by atoms with van der Waals surface area (Å²) in [5, 5.41) is 19.6. The Morgan fingerprint density at radius 2 is 1.83 bits per heavy atom. The van der Waals surface area contributed by atoms with Crippen molar-refractivity contribution >= 4 is 5.91 Å². The quantitative estimate of drug-likeness (QED) is 0.745. The highest BCUT2D eigenvalue weighted by Crippen LogP contribution is 2.41. The molecule has 3 atom stereocenters. The first-order valence-electron chi connectivity index (χ1n) is 9.24. The molecule has 1 aromatic heterocycles. The normalized spacial score (nSPS) is 20.6. The number of nitriles is 1. The summed E-state index contributed by atoms with van der Waals surface area (Å²) in [4.78, 5) is 18.2. The summed E-state index contributed by atoms with van der Waals surface area (Å²) in [6.07, 6.45) is 1.52. The minimum Gasteiger partial charge on any atom is -0.394 e. The fourth-order valence-electron chi connectivity index (χ4n) is 3.89. The van der Waals surface area contributed by atoms with Crippen molar-refractivity contribution in [1.82, 2.24) is 9.88 Å². The Labute approximate surface area is 167 Å². The van der Waals surface area contributed by atoms with Crippen LogP contribution in [0.5, 0.6) is 0 Å². The Kier molecular flexibility index (Phi) is 5.07. The maximum absolute atomic E-state index is 14.0. The molecule has 1 amide bonds. The second-order valence-electron chi connectivity index (χ2n) is 6.88. The first kappa shape index (κ1) is 18.8. The van der Waals surface area contributed by atoms with Crippen molar-refractivity contribution in [3.05, 3.63) is 90.0 Å². The number of rotatable bonds is 4. The molecule has 2 heterocycles. The van der Waals surface area contributed by atoms with E-state index in [9.17, 15) is 19.6 Å². The van der Waals surface area contributed by atoms with Crippen LogP contribution in [-0.2, 0) is 0 Å². The molecule has 1 aliphatic rings. The Balaban J connectivity index is 1.61. The average Bonchev–Trinajstić information content (AvgIpc) is 2.75. The maximum atomic E-state index is 14.0. The third kappa shape index (κ3) is 3.26. The molecule has 0 unspecified atom stereocenters. The third-order valence-corrected chi connectivity index (χ3v) is 5.33. The highest BCUT2D eigenvalue weighted by molar-refractivity contribution is 5.94. The van der Waals surface area contributed by atoms with Crippen LogP contribution in [0.25, 0.3) is 11.1 Å². The highest BCUT2D eigenvalue weighted by Gasteiger charge is 2.52. The van der Waals surface area contributed by atoms with Crippen LogP contribution in [0.4, 0.5) is 4.39 Å². The van der Waals surface area contributed by atoms with Gasteiger partial charge in [-0.05, 0) is 29.3 Å². The number of aliphatic hydroxyl groups is 1. The summed E-state index contributed by atoms with van der Waals surface area (Å²) in [5.41, 5.74) is 2.28. The van der Waals surface area contributed by atoms with E-state index in [0.717, 1.165) is 11.1 Å². The molecule has 6 heteroatoms. The van der Waals surface area contributed by atoms with E-state index in [-0.39, 0.29) is 29.9 Å². The van der Waals surface area contributed by atoms with Gasteiger partial charge in [-0.3, -0.25) is 9.78 Å². The van der Waals surface area contributed by atoms with Crippen LogP contribution in [0.15, 0.2) is 72.9 Å². The molecule has 4 rings (SSSR count). The average molecular weight is 387 g/mol. The lowest BCUT2D eigenvalue weighted by atomic mass is 9.75.